The molecule has 2 aromatic carbocycles. The molecule has 0 heterocycles. The maximum atomic E-state index is 12.6. The molecule has 0 unspecified atom stereocenters. The highest BCUT2D eigenvalue weighted by Gasteiger charge is 2.19. The molecule has 1 aliphatic rings. The average Bonchev–Trinajstić information content (AvgIpc) is 2.67. The van der Waals surface area contributed by atoms with E-state index < -0.39 is 6.10 Å². The van der Waals surface area contributed by atoms with Crippen LogP contribution < -0.4 is 15.4 Å². The Morgan fingerprint density at radius 3 is 2.22 bits per heavy atom. The van der Waals surface area contributed by atoms with Crippen molar-refractivity contribution in [3.05, 3.63) is 53.6 Å². The van der Waals surface area contributed by atoms with Gasteiger partial charge >= 0.3 is 0 Å². The number of anilines is 2. The molecule has 5 heteroatoms. The van der Waals surface area contributed by atoms with Gasteiger partial charge in [-0.15, -0.1) is 0 Å². The Morgan fingerprint density at radius 1 is 0.963 bits per heavy atom. The summed E-state index contributed by atoms with van der Waals surface area (Å²) >= 11 is 0. The number of fused-ring (bicyclic) bond motifs is 1. The molecule has 5 nitrogen and oxygen atoms in total. The van der Waals surface area contributed by atoms with Crippen LogP contribution in [0.5, 0.6) is 5.75 Å². The van der Waals surface area contributed by atoms with Gasteiger partial charge in [-0.2, -0.15) is 0 Å². The van der Waals surface area contributed by atoms with Gasteiger partial charge in [-0.3, -0.25) is 9.59 Å². The van der Waals surface area contributed by atoms with E-state index in [4.69, 9.17) is 4.74 Å². The zero-order valence-corrected chi connectivity index (χ0v) is 15.9. The summed E-state index contributed by atoms with van der Waals surface area (Å²) in [5, 5.41) is 5.58. The summed E-state index contributed by atoms with van der Waals surface area (Å²) < 4.78 is 5.97. The molecule has 2 N–H and O–H groups in total. The van der Waals surface area contributed by atoms with E-state index >= 15 is 0 Å². The number of hydrogen-bond acceptors (Lipinski definition) is 3. The molecular formula is C22H26N2O3. The highest BCUT2D eigenvalue weighted by atomic mass is 16.5. The molecule has 3 rings (SSSR count). The van der Waals surface area contributed by atoms with E-state index in [1.54, 1.807) is 24.3 Å². The van der Waals surface area contributed by atoms with Gasteiger partial charge < -0.3 is 15.4 Å². The second kappa shape index (κ2) is 8.71. The summed E-state index contributed by atoms with van der Waals surface area (Å²) in [4.78, 5) is 23.7. The second-order valence-corrected chi connectivity index (χ2v) is 6.90. The van der Waals surface area contributed by atoms with Gasteiger partial charge in [-0.25, -0.2) is 0 Å². The van der Waals surface area contributed by atoms with E-state index in [0.717, 1.165) is 18.6 Å². The second-order valence-electron chi connectivity index (χ2n) is 6.90. The minimum atomic E-state index is -0.554. The molecule has 0 saturated heterocycles. The molecule has 0 saturated carbocycles. The van der Waals surface area contributed by atoms with Crippen LogP contribution in [0.15, 0.2) is 42.5 Å². The standard InChI is InChI=1S/C22H26N2O3/c1-3-21(27-20-13-8-16-6-4-5-7-17(16)14-20)22(26)24-19-11-9-18(10-12-19)23-15(2)25/h8-14,21H,3-7H2,1-2H3,(H,23,25)(H,24,26)/t21-/m1/s1. The van der Waals surface area contributed by atoms with Gasteiger partial charge in [0.15, 0.2) is 6.10 Å². The van der Waals surface area contributed by atoms with Gasteiger partial charge in [0, 0.05) is 18.3 Å². The molecule has 2 aromatic rings. The molecule has 0 aromatic heterocycles. The number of amides is 2. The van der Waals surface area contributed by atoms with Crippen molar-refractivity contribution < 1.29 is 14.3 Å². The zero-order chi connectivity index (χ0) is 19.2. The van der Waals surface area contributed by atoms with Crippen LogP contribution in [0.1, 0.15) is 44.2 Å². The minimum absolute atomic E-state index is 0.128. The van der Waals surface area contributed by atoms with Crippen LogP contribution in [0.3, 0.4) is 0 Å². The summed E-state index contributed by atoms with van der Waals surface area (Å²) in [6, 6.07) is 13.2. The van der Waals surface area contributed by atoms with Crippen molar-refractivity contribution in [1.82, 2.24) is 0 Å². The smallest absolute Gasteiger partial charge is 0.265 e. The lowest BCUT2D eigenvalue weighted by molar-refractivity contribution is -0.122. The third-order valence-electron chi connectivity index (χ3n) is 4.73. The summed E-state index contributed by atoms with van der Waals surface area (Å²) in [6.07, 6.45) is 4.68. The first kappa shape index (κ1) is 19.0. The quantitative estimate of drug-likeness (QED) is 0.800. The van der Waals surface area contributed by atoms with Crippen molar-refractivity contribution in [1.29, 1.82) is 0 Å². The van der Waals surface area contributed by atoms with Gasteiger partial charge in [0.05, 0.1) is 0 Å². The van der Waals surface area contributed by atoms with Crippen LogP contribution in [-0.4, -0.2) is 17.9 Å². The van der Waals surface area contributed by atoms with Gasteiger partial charge in [-0.1, -0.05) is 13.0 Å². The minimum Gasteiger partial charge on any atom is -0.481 e. The normalized spacial score (nSPS) is 14.0. The fourth-order valence-corrected chi connectivity index (χ4v) is 3.33. The lowest BCUT2D eigenvalue weighted by atomic mass is 9.92. The molecule has 0 bridgehead atoms. The number of rotatable bonds is 6. The molecule has 0 spiro atoms. The summed E-state index contributed by atoms with van der Waals surface area (Å²) in [6.45, 7) is 3.39. The third kappa shape index (κ3) is 5.09. The molecular weight excluding hydrogens is 340 g/mol. The van der Waals surface area contributed by atoms with E-state index in [1.165, 1.54) is 30.9 Å². The highest BCUT2D eigenvalue weighted by molar-refractivity contribution is 5.95. The highest BCUT2D eigenvalue weighted by Crippen LogP contribution is 2.26. The molecule has 2 amide bonds. The van der Waals surface area contributed by atoms with Crippen LogP contribution in [-0.2, 0) is 22.4 Å². The Morgan fingerprint density at radius 2 is 1.59 bits per heavy atom. The first-order chi connectivity index (χ1) is 13.0. The van der Waals surface area contributed by atoms with Gasteiger partial charge in [0.25, 0.3) is 5.91 Å². The monoisotopic (exact) mass is 366 g/mol. The van der Waals surface area contributed by atoms with E-state index in [-0.39, 0.29) is 11.8 Å². The molecule has 0 aliphatic heterocycles. The predicted octanol–water partition coefficient (Wildman–Crippen LogP) is 4.32. The zero-order valence-electron chi connectivity index (χ0n) is 15.9. The number of ether oxygens (including phenoxy) is 1. The molecule has 1 aliphatic carbocycles. The van der Waals surface area contributed by atoms with Gasteiger partial charge in [0.1, 0.15) is 5.75 Å². The molecule has 0 radical (unpaired) electrons. The van der Waals surface area contributed by atoms with Crippen molar-refractivity contribution in [3.63, 3.8) is 0 Å². The fraction of sp³-hybridized carbons (Fsp3) is 0.364. The van der Waals surface area contributed by atoms with E-state index in [2.05, 4.69) is 22.8 Å². The number of carbonyl (C=O) groups is 2. The lowest BCUT2D eigenvalue weighted by Gasteiger charge is -2.20. The number of hydrogen-bond donors (Lipinski definition) is 2. The van der Waals surface area contributed by atoms with Gasteiger partial charge in [-0.05, 0) is 79.6 Å². The number of benzene rings is 2. The van der Waals surface area contributed by atoms with E-state index in [1.807, 2.05) is 13.0 Å². The third-order valence-corrected chi connectivity index (χ3v) is 4.73. The fourth-order valence-electron chi connectivity index (χ4n) is 3.33. The van der Waals surface area contributed by atoms with Crippen molar-refractivity contribution in [2.75, 3.05) is 10.6 Å². The van der Waals surface area contributed by atoms with E-state index in [0.29, 0.717) is 17.8 Å². The Kier molecular flexibility index (Phi) is 6.12. The van der Waals surface area contributed by atoms with Crippen LogP contribution in [0.4, 0.5) is 11.4 Å². The Balaban J connectivity index is 1.63. The molecule has 0 fully saturated rings. The topological polar surface area (TPSA) is 67.4 Å². The number of nitrogens with one attached hydrogen (secondary N) is 2. The molecule has 1 atom stereocenters. The Labute approximate surface area is 160 Å². The van der Waals surface area contributed by atoms with Crippen molar-refractivity contribution in [2.24, 2.45) is 0 Å². The SMILES string of the molecule is CC[C@@H](Oc1ccc2c(c1)CCCC2)C(=O)Nc1ccc(NC(C)=O)cc1. The Hall–Kier alpha value is -2.82. The maximum absolute atomic E-state index is 12.6. The first-order valence-electron chi connectivity index (χ1n) is 9.52. The van der Waals surface area contributed by atoms with Crippen molar-refractivity contribution >= 4 is 23.2 Å². The predicted molar refractivity (Wildman–Crippen MR) is 107 cm³/mol. The van der Waals surface area contributed by atoms with Crippen LogP contribution in [0.2, 0.25) is 0 Å². The van der Waals surface area contributed by atoms with Crippen molar-refractivity contribution in [3.8, 4) is 5.75 Å². The van der Waals surface area contributed by atoms with Crippen LogP contribution in [0.25, 0.3) is 0 Å². The summed E-state index contributed by atoms with van der Waals surface area (Å²) in [7, 11) is 0. The average molecular weight is 366 g/mol. The van der Waals surface area contributed by atoms with Gasteiger partial charge in [0.2, 0.25) is 5.91 Å². The van der Waals surface area contributed by atoms with Crippen LogP contribution >= 0.6 is 0 Å². The Bertz CT molecular complexity index is 815. The number of carbonyl (C=O) groups excluding carboxylic acids is 2. The van der Waals surface area contributed by atoms with Crippen molar-refractivity contribution in [2.45, 2.75) is 52.1 Å². The maximum Gasteiger partial charge on any atom is 0.265 e. The van der Waals surface area contributed by atoms with E-state index in [9.17, 15) is 9.59 Å². The largest absolute Gasteiger partial charge is 0.481 e. The molecule has 142 valence electrons. The van der Waals surface area contributed by atoms with Crippen LogP contribution in [0, 0.1) is 0 Å². The molecule has 27 heavy (non-hydrogen) atoms. The summed E-state index contributed by atoms with van der Waals surface area (Å²) in [5.74, 6) is 0.442. The summed E-state index contributed by atoms with van der Waals surface area (Å²) in [5.41, 5.74) is 4.09. The first-order valence-corrected chi connectivity index (χ1v) is 9.52. The number of aryl methyl sites for hydroxylation is 2. The lowest BCUT2D eigenvalue weighted by Crippen LogP contribution is -2.32.